The molecule has 1 N–H and O–H groups in total. The highest BCUT2D eigenvalue weighted by molar-refractivity contribution is 6.00. The molecule has 1 aromatic carbocycles. The standard InChI is InChI=1S/C18H27N3O2/c1-4-20(5-2)11-10-19-18(23)15-12-17(22)21(13-15)16-8-6-14(3)7-9-16/h6-9,15H,4-5,10-13H2,1-3H3,(H,19,23). The number of rotatable bonds is 7. The third-order valence-electron chi connectivity index (χ3n) is 4.46. The van der Waals surface area contributed by atoms with E-state index in [9.17, 15) is 9.59 Å². The van der Waals surface area contributed by atoms with Crippen LogP contribution in [0.2, 0.25) is 0 Å². The van der Waals surface area contributed by atoms with E-state index in [1.165, 1.54) is 0 Å². The van der Waals surface area contributed by atoms with E-state index in [4.69, 9.17) is 0 Å². The normalized spacial score (nSPS) is 17.8. The number of amides is 2. The molecule has 5 nitrogen and oxygen atoms in total. The van der Waals surface area contributed by atoms with Gasteiger partial charge in [0.2, 0.25) is 11.8 Å². The SMILES string of the molecule is CCN(CC)CCNC(=O)C1CC(=O)N(c2ccc(C)cc2)C1. The molecular formula is C18H27N3O2. The van der Waals surface area contributed by atoms with Crippen LogP contribution in [0.3, 0.4) is 0 Å². The molecule has 1 aliphatic heterocycles. The first-order valence-corrected chi connectivity index (χ1v) is 8.42. The monoisotopic (exact) mass is 317 g/mol. The van der Waals surface area contributed by atoms with Gasteiger partial charge in [0, 0.05) is 31.7 Å². The minimum absolute atomic E-state index is 0.0138. The van der Waals surface area contributed by atoms with Gasteiger partial charge in [0.15, 0.2) is 0 Å². The van der Waals surface area contributed by atoms with E-state index in [1.807, 2.05) is 31.2 Å². The van der Waals surface area contributed by atoms with Crippen molar-refractivity contribution in [2.75, 3.05) is 37.6 Å². The van der Waals surface area contributed by atoms with Crippen LogP contribution in [0, 0.1) is 12.8 Å². The molecule has 0 radical (unpaired) electrons. The Morgan fingerprint density at radius 3 is 2.52 bits per heavy atom. The molecule has 1 aliphatic rings. The Morgan fingerprint density at radius 2 is 1.91 bits per heavy atom. The lowest BCUT2D eigenvalue weighted by Crippen LogP contribution is -2.38. The lowest BCUT2D eigenvalue weighted by atomic mass is 10.1. The number of carbonyl (C=O) groups excluding carboxylic acids is 2. The number of likely N-dealkylation sites (N-methyl/N-ethyl adjacent to an activating group) is 1. The van der Waals surface area contributed by atoms with E-state index < -0.39 is 0 Å². The van der Waals surface area contributed by atoms with Gasteiger partial charge in [0.25, 0.3) is 0 Å². The number of nitrogens with one attached hydrogen (secondary N) is 1. The Morgan fingerprint density at radius 1 is 1.26 bits per heavy atom. The maximum atomic E-state index is 12.3. The quantitative estimate of drug-likeness (QED) is 0.834. The van der Waals surface area contributed by atoms with E-state index in [0.717, 1.165) is 30.9 Å². The van der Waals surface area contributed by atoms with Gasteiger partial charge in [-0.2, -0.15) is 0 Å². The van der Waals surface area contributed by atoms with Gasteiger partial charge in [-0.25, -0.2) is 0 Å². The molecule has 1 heterocycles. The van der Waals surface area contributed by atoms with Crippen molar-refractivity contribution in [2.24, 2.45) is 5.92 Å². The minimum atomic E-state index is -0.250. The first kappa shape index (κ1) is 17.5. The molecule has 1 atom stereocenters. The van der Waals surface area contributed by atoms with Crippen LogP contribution in [0.5, 0.6) is 0 Å². The Kier molecular flexibility index (Phi) is 6.16. The summed E-state index contributed by atoms with van der Waals surface area (Å²) < 4.78 is 0. The summed E-state index contributed by atoms with van der Waals surface area (Å²) >= 11 is 0. The molecule has 1 unspecified atom stereocenters. The molecule has 0 aliphatic carbocycles. The van der Waals surface area contributed by atoms with Crippen LogP contribution in [0.4, 0.5) is 5.69 Å². The summed E-state index contributed by atoms with van der Waals surface area (Å²) in [5.41, 5.74) is 2.03. The maximum absolute atomic E-state index is 12.3. The highest BCUT2D eigenvalue weighted by Crippen LogP contribution is 2.25. The molecule has 0 bridgehead atoms. The van der Waals surface area contributed by atoms with Crippen LogP contribution in [-0.2, 0) is 9.59 Å². The molecule has 23 heavy (non-hydrogen) atoms. The van der Waals surface area contributed by atoms with Gasteiger partial charge >= 0.3 is 0 Å². The van der Waals surface area contributed by atoms with E-state index in [1.54, 1.807) is 4.90 Å². The van der Waals surface area contributed by atoms with Crippen LogP contribution >= 0.6 is 0 Å². The van der Waals surface area contributed by atoms with Crippen molar-refractivity contribution in [2.45, 2.75) is 27.2 Å². The third kappa shape index (κ3) is 4.55. The lowest BCUT2D eigenvalue weighted by molar-refractivity contribution is -0.126. The van der Waals surface area contributed by atoms with Gasteiger partial charge in [-0.05, 0) is 32.1 Å². The molecule has 126 valence electrons. The first-order valence-electron chi connectivity index (χ1n) is 8.42. The molecule has 5 heteroatoms. The van der Waals surface area contributed by atoms with E-state index in [0.29, 0.717) is 19.5 Å². The van der Waals surface area contributed by atoms with Crippen LogP contribution in [0.25, 0.3) is 0 Å². The van der Waals surface area contributed by atoms with Crippen LogP contribution < -0.4 is 10.2 Å². The summed E-state index contributed by atoms with van der Waals surface area (Å²) in [5, 5.41) is 2.97. The van der Waals surface area contributed by atoms with Crippen molar-refractivity contribution in [3.05, 3.63) is 29.8 Å². The lowest BCUT2D eigenvalue weighted by Gasteiger charge is -2.19. The second-order valence-electron chi connectivity index (χ2n) is 6.06. The van der Waals surface area contributed by atoms with Crippen LogP contribution in [0.1, 0.15) is 25.8 Å². The fourth-order valence-electron chi connectivity index (χ4n) is 2.88. The average molecular weight is 317 g/mol. The zero-order chi connectivity index (χ0) is 16.8. The predicted molar refractivity (Wildman–Crippen MR) is 92.4 cm³/mol. The number of nitrogens with zero attached hydrogens (tertiary/aromatic N) is 2. The summed E-state index contributed by atoms with van der Waals surface area (Å²) in [6.45, 7) is 10.2. The van der Waals surface area contributed by atoms with Gasteiger partial charge in [-0.1, -0.05) is 31.5 Å². The maximum Gasteiger partial charge on any atom is 0.227 e. The summed E-state index contributed by atoms with van der Waals surface area (Å²) in [5.74, 6) is -0.238. The Balaban J connectivity index is 1.86. The molecule has 2 rings (SSSR count). The van der Waals surface area contributed by atoms with Crippen LogP contribution in [0.15, 0.2) is 24.3 Å². The summed E-state index contributed by atoms with van der Waals surface area (Å²) in [4.78, 5) is 28.4. The zero-order valence-electron chi connectivity index (χ0n) is 14.3. The topological polar surface area (TPSA) is 52.7 Å². The Hall–Kier alpha value is -1.88. The van der Waals surface area contributed by atoms with Crippen molar-refractivity contribution < 1.29 is 9.59 Å². The summed E-state index contributed by atoms with van der Waals surface area (Å²) in [6, 6.07) is 7.85. The molecule has 1 fully saturated rings. The highest BCUT2D eigenvalue weighted by atomic mass is 16.2. The van der Waals surface area contributed by atoms with Crippen LogP contribution in [-0.4, -0.2) is 49.4 Å². The van der Waals surface area contributed by atoms with Gasteiger partial charge in [0.05, 0.1) is 5.92 Å². The predicted octanol–water partition coefficient (Wildman–Crippen LogP) is 1.81. The smallest absolute Gasteiger partial charge is 0.227 e. The molecule has 2 amide bonds. The Labute approximate surface area is 138 Å². The fourth-order valence-corrected chi connectivity index (χ4v) is 2.88. The largest absolute Gasteiger partial charge is 0.355 e. The van der Waals surface area contributed by atoms with Crippen molar-refractivity contribution in [3.63, 3.8) is 0 Å². The van der Waals surface area contributed by atoms with Crippen molar-refractivity contribution >= 4 is 17.5 Å². The van der Waals surface area contributed by atoms with Crippen molar-refractivity contribution in [1.29, 1.82) is 0 Å². The number of hydrogen-bond acceptors (Lipinski definition) is 3. The van der Waals surface area contributed by atoms with Gasteiger partial charge < -0.3 is 15.1 Å². The second kappa shape index (κ2) is 8.11. The van der Waals surface area contributed by atoms with Crippen molar-refractivity contribution in [3.8, 4) is 0 Å². The number of anilines is 1. The second-order valence-corrected chi connectivity index (χ2v) is 6.06. The van der Waals surface area contributed by atoms with Gasteiger partial charge in [0.1, 0.15) is 0 Å². The number of carbonyl (C=O) groups is 2. The van der Waals surface area contributed by atoms with Crippen molar-refractivity contribution in [1.82, 2.24) is 10.2 Å². The average Bonchev–Trinajstić information content (AvgIpc) is 2.94. The molecular weight excluding hydrogens is 290 g/mol. The number of aryl methyl sites for hydroxylation is 1. The van der Waals surface area contributed by atoms with E-state index in [2.05, 4.69) is 24.1 Å². The summed E-state index contributed by atoms with van der Waals surface area (Å²) in [7, 11) is 0. The van der Waals surface area contributed by atoms with E-state index in [-0.39, 0.29) is 17.7 Å². The number of benzene rings is 1. The Bertz CT molecular complexity index is 538. The fraction of sp³-hybridized carbons (Fsp3) is 0.556. The molecule has 0 spiro atoms. The van der Waals surface area contributed by atoms with E-state index >= 15 is 0 Å². The first-order chi connectivity index (χ1) is 11.0. The molecule has 1 aromatic rings. The minimum Gasteiger partial charge on any atom is -0.355 e. The van der Waals surface area contributed by atoms with Gasteiger partial charge in [-0.3, -0.25) is 9.59 Å². The zero-order valence-corrected chi connectivity index (χ0v) is 14.3. The number of hydrogen-bond donors (Lipinski definition) is 1. The third-order valence-corrected chi connectivity index (χ3v) is 4.46. The summed E-state index contributed by atoms with van der Waals surface area (Å²) in [6.07, 6.45) is 0.297. The van der Waals surface area contributed by atoms with Gasteiger partial charge in [-0.15, -0.1) is 0 Å². The highest BCUT2D eigenvalue weighted by Gasteiger charge is 2.34. The molecule has 0 saturated carbocycles. The molecule has 0 aromatic heterocycles. The molecule has 1 saturated heterocycles.